The van der Waals surface area contributed by atoms with Crippen LogP contribution < -0.4 is 10.1 Å². The normalized spacial score (nSPS) is 18.4. The number of carboxylic acid groups (broad SMARTS) is 1. The number of ether oxygens (including phenoxy) is 2. The Morgan fingerprint density at radius 1 is 0.892 bits per heavy atom. The van der Waals surface area contributed by atoms with Crippen LogP contribution in [0.5, 0.6) is 5.75 Å². The van der Waals surface area contributed by atoms with E-state index in [0.29, 0.717) is 32.7 Å². The van der Waals surface area contributed by atoms with Crippen molar-refractivity contribution in [1.29, 1.82) is 0 Å². The quantitative estimate of drug-likeness (QED) is 0.592. The topological polar surface area (TPSA) is 91.3 Å². The average molecular weight is 510 g/mol. The van der Waals surface area contributed by atoms with Crippen molar-refractivity contribution in [3.05, 3.63) is 64.7 Å². The zero-order chi connectivity index (χ0) is 25.9. The minimum Gasteiger partial charge on any atom is -0.493 e. The summed E-state index contributed by atoms with van der Waals surface area (Å²) in [5.74, 6) is 0.0218. The number of morpholine rings is 1. The molecule has 37 heavy (non-hydrogen) atoms. The zero-order valence-corrected chi connectivity index (χ0v) is 21.6. The van der Waals surface area contributed by atoms with Crippen molar-refractivity contribution in [2.75, 3.05) is 46.0 Å². The first-order chi connectivity index (χ1) is 18.0. The molecule has 200 valence electrons. The highest BCUT2D eigenvalue weighted by atomic mass is 16.5. The number of benzene rings is 2. The maximum atomic E-state index is 12.8. The molecule has 1 amide bonds. The van der Waals surface area contributed by atoms with Gasteiger partial charge in [-0.05, 0) is 48.4 Å². The lowest BCUT2D eigenvalue weighted by atomic mass is 10.0. The Labute approximate surface area is 219 Å². The predicted octanol–water partition coefficient (Wildman–Crippen LogP) is 3.22. The molecule has 2 aliphatic rings. The van der Waals surface area contributed by atoms with Gasteiger partial charge in [0, 0.05) is 51.3 Å². The number of nitrogens with zero attached hydrogens (tertiary/aromatic N) is 2. The van der Waals surface area contributed by atoms with Crippen LogP contribution in [0.1, 0.15) is 47.9 Å². The first kappa shape index (κ1) is 27.1. The average Bonchev–Trinajstić information content (AvgIpc) is 2.89. The molecular formula is C29H39N3O5. The van der Waals surface area contributed by atoms with Crippen molar-refractivity contribution in [3.63, 3.8) is 0 Å². The standard InChI is InChI=1S/C29H39N3O5/c33-28-22-32(20-25-6-4-5-24(17-25)19-31-12-15-36-16-13-31)21-26-18-23(8-10-29(34)35)7-9-27(26)37-14-3-1-2-11-30-28/h4-7,9,17-18H,1-3,8,10-16,19-22H2,(H,30,33)(H,34,35). The lowest BCUT2D eigenvalue weighted by Gasteiger charge is -2.27. The Bertz CT molecular complexity index is 1040. The summed E-state index contributed by atoms with van der Waals surface area (Å²) in [6.45, 7) is 7.08. The molecule has 8 nitrogen and oxygen atoms in total. The van der Waals surface area contributed by atoms with Crippen LogP contribution in [-0.4, -0.2) is 72.8 Å². The largest absolute Gasteiger partial charge is 0.493 e. The Hall–Kier alpha value is -2.94. The van der Waals surface area contributed by atoms with E-state index in [0.717, 1.165) is 74.6 Å². The van der Waals surface area contributed by atoms with Crippen LogP contribution in [-0.2, 0) is 40.4 Å². The number of hydrogen-bond donors (Lipinski definition) is 2. The van der Waals surface area contributed by atoms with Crippen molar-refractivity contribution in [2.24, 2.45) is 0 Å². The summed E-state index contributed by atoms with van der Waals surface area (Å²) in [4.78, 5) is 28.5. The minimum atomic E-state index is -0.810. The first-order valence-electron chi connectivity index (χ1n) is 13.4. The fraction of sp³-hybridized carbons (Fsp3) is 0.517. The summed E-state index contributed by atoms with van der Waals surface area (Å²) in [6.07, 6.45) is 3.40. The molecule has 0 unspecified atom stereocenters. The molecule has 1 saturated heterocycles. The second-order valence-corrected chi connectivity index (χ2v) is 9.95. The smallest absolute Gasteiger partial charge is 0.303 e. The monoisotopic (exact) mass is 509 g/mol. The summed E-state index contributed by atoms with van der Waals surface area (Å²) >= 11 is 0. The molecule has 0 radical (unpaired) electrons. The lowest BCUT2D eigenvalue weighted by Crippen LogP contribution is -2.37. The molecule has 0 bridgehead atoms. The van der Waals surface area contributed by atoms with E-state index in [1.54, 1.807) is 0 Å². The molecule has 0 aliphatic carbocycles. The summed E-state index contributed by atoms with van der Waals surface area (Å²) in [5.41, 5.74) is 4.37. The van der Waals surface area contributed by atoms with E-state index in [2.05, 4.69) is 39.4 Å². The number of carbonyl (C=O) groups is 2. The van der Waals surface area contributed by atoms with Gasteiger partial charge in [-0.15, -0.1) is 0 Å². The Kier molecular flexibility index (Phi) is 10.3. The van der Waals surface area contributed by atoms with Gasteiger partial charge in [0.05, 0.1) is 26.4 Å². The fourth-order valence-corrected chi connectivity index (χ4v) is 4.89. The molecule has 2 aliphatic heterocycles. The number of carboxylic acids is 1. The molecule has 0 aromatic heterocycles. The van der Waals surface area contributed by atoms with Gasteiger partial charge in [0.25, 0.3) is 0 Å². The number of hydrogen-bond acceptors (Lipinski definition) is 6. The molecule has 0 saturated carbocycles. The van der Waals surface area contributed by atoms with Gasteiger partial charge in [0.2, 0.25) is 5.91 Å². The maximum Gasteiger partial charge on any atom is 0.303 e. The first-order valence-corrected chi connectivity index (χ1v) is 13.4. The molecule has 2 aromatic carbocycles. The van der Waals surface area contributed by atoms with Crippen LogP contribution >= 0.6 is 0 Å². The van der Waals surface area contributed by atoms with Gasteiger partial charge in [-0.3, -0.25) is 19.4 Å². The number of aryl methyl sites for hydroxylation is 1. The minimum absolute atomic E-state index is 0.0215. The molecule has 4 rings (SSSR count). The lowest BCUT2D eigenvalue weighted by molar-refractivity contribution is -0.137. The zero-order valence-electron chi connectivity index (χ0n) is 21.6. The highest BCUT2D eigenvalue weighted by molar-refractivity contribution is 5.78. The Morgan fingerprint density at radius 2 is 1.68 bits per heavy atom. The van der Waals surface area contributed by atoms with Crippen molar-refractivity contribution in [2.45, 2.75) is 51.7 Å². The van der Waals surface area contributed by atoms with E-state index < -0.39 is 5.97 Å². The van der Waals surface area contributed by atoms with E-state index in [9.17, 15) is 9.59 Å². The summed E-state index contributed by atoms with van der Waals surface area (Å²) < 4.78 is 11.6. The van der Waals surface area contributed by atoms with Crippen LogP contribution in [0.25, 0.3) is 0 Å². The number of rotatable bonds is 7. The van der Waals surface area contributed by atoms with E-state index >= 15 is 0 Å². The molecular weight excluding hydrogens is 470 g/mol. The highest BCUT2D eigenvalue weighted by Gasteiger charge is 2.17. The van der Waals surface area contributed by atoms with Crippen LogP contribution in [0.15, 0.2) is 42.5 Å². The number of fused-ring (bicyclic) bond motifs is 1. The molecule has 2 N–H and O–H groups in total. The van der Waals surface area contributed by atoms with Gasteiger partial charge in [0.1, 0.15) is 5.75 Å². The second kappa shape index (κ2) is 14.1. The molecule has 2 aromatic rings. The van der Waals surface area contributed by atoms with Gasteiger partial charge in [-0.25, -0.2) is 0 Å². The van der Waals surface area contributed by atoms with Crippen LogP contribution in [0.4, 0.5) is 0 Å². The van der Waals surface area contributed by atoms with Gasteiger partial charge in [0.15, 0.2) is 0 Å². The van der Waals surface area contributed by atoms with E-state index in [1.807, 2.05) is 18.2 Å². The maximum absolute atomic E-state index is 12.8. The van der Waals surface area contributed by atoms with Crippen LogP contribution in [0.2, 0.25) is 0 Å². The van der Waals surface area contributed by atoms with Crippen LogP contribution in [0.3, 0.4) is 0 Å². The third-order valence-electron chi connectivity index (χ3n) is 6.82. The molecule has 1 fully saturated rings. The number of aliphatic carboxylic acids is 1. The Balaban J connectivity index is 1.53. The van der Waals surface area contributed by atoms with Crippen molar-refractivity contribution in [3.8, 4) is 5.75 Å². The number of carbonyl (C=O) groups excluding carboxylic acids is 1. The third kappa shape index (κ3) is 9.14. The number of amides is 1. The third-order valence-corrected chi connectivity index (χ3v) is 6.82. The van der Waals surface area contributed by atoms with Gasteiger partial charge < -0.3 is 19.9 Å². The van der Waals surface area contributed by atoms with Crippen molar-refractivity contribution in [1.82, 2.24) is 15.1 Å². The summed E-state index contributed by atoms with van der Waals surface area (Å²) in [6, 6.07) is 14.5. The predicted molar refractivity (Wildman–Crippen MR) is 141 cm³/mol. The summed E-state index contributed by atoms with van der Waals surface area (Å²) in [7, 11) is 0. The van der Waals surface area contributed by atoms with Crippen LogP contribution in [0, 0.1) is 0 Å². The highest BCUT2D eigenvalue weighted by Crippen LogP contribution is 2.25. The molecule has 8 heteroatoms. The van der Waals surface area contributed by atoms with Gasteiger partial charge in [-0.1, -0.05) is 36.4 Å². The molecule has 0 atom stereocenters. The second-order valence-electron chi connectivity index (χ2n) is 9.95. The van der Waals surface area contributed by atoms with E-state index in [1.165, 1.54) is 5.56 Å². The Morgan fingerprint density at radius 3 is 2.46 bits per heavy atom. The molecule has 2 heterocycles. The van der Waals surface area contributed by atoms with Crippen molar-refractivity contribution < 1.29 is 24.2 Å². The fourth-order valence-electron chi connectivity index (χ4n) is 4.89. The molecule has 0 spiro atoms. The summed E-state index contributed by atoms with van der Waals surface area (Å²) in [5, 5.41) is 12.2. The van der Waals surface area contributed by atoms with Gasteiger partial charge in [-0.2, -0.15) is 0 Å². The van der Waals surface area contributed by atoms with E-state index in [-0.39, 0.29) is 18.9 Å². The SMILES string of the molecule is O=C(O)CCc1ccc2c(c1)CN(Cc1cccc(CN3CCOCC3)c1)CC(=O)NCCCCCO2. The van der Waals surface area contributed by atoms with Gasteiger partial charge >= 0.3 is 5.97 Å². The van der Waals surface area contributed by atoms with Crippen molar-refractivity contribution >= 4 is 11.9 Å². The number of nitrogens with one attached hydrogen (secondary N) is 1. The van der Waals surface area contributed by atoms with E-state index in [4.69, 9.17) is 14.6 Å².